The molecule has 2 aromatic heterocycles. The second-order valence-corrected chi connectivity index (χ2v) is 17.0. The van der Waals surface area contributed by atoms with Crippen LogP contribution in [0.1, 0.15) is 50.1 Å². The highest BCUT2D eigenvalue weighted by molar-refractivity contribution is 6.74. The lowest BCUT2D eigenvalue weighted by Crippen LogP contribution is -2.45. The number of nitriles is 1. The van der Waals surface area contributed by atoms with Crippen molar-refractivity contribution in [3.8, 4) is 23.3 Å². The van der Waals surface area contributed by atoms with Gasteiger partial charge in [-0.25, -0.2) is 15.0 Å². The first kappa shape index (κ1) is 28.0. The molecular weight excluding hydrogens is 522 g/mol. The molecule has 1 atom stereocenters. The Morgan fingerprint density at radius 3 is 2.73 bits per heavy atom. The van der Waals surface area contributed by atoms with Crippen LogP contribution in [0.25, 0.3) is 11.4 Å². The summed E-state index contributed by atoms with van der Waals surface area (Å²) in [5.74, 6) is 1.28. The third-order valence-corrected chi connectivity index (χ3v) is 12.8. The average Bonchev–Trinajstić information content (AvgIpc) is 3.27. The summed E-state index contributed by atoms with van der Waals surface area (Å²) in [6.07, 6.45) is 2.21. The van der Waals surface area contributed by atoms with E-state index in [4.69, 9.17) is 13.9 Å². The zero-order chi connectivity index (χ0) is 28.7. The molecule has 2 aliphatic rings. The summed E-state index contributed by atoms with van der Waals surface area (Å²) in [4.78, 5) is 18.1. The van der Waals surface area contributed by atoms with E-state index in [-0.39, 0.29) is 10.5 Å². The van der Waals surface area contributed by atoms with Crippen molar-refractivity contribution >= 4 is 25.6 Å². The van der Waals surface area contributed by atoms with E-state index in [0.717, 1.165) is 34.5 Å². The van der Waals surface area contributed by atoms with Gasteiger partial charge in [0.25, 0.3) is 0 Å². The summed E-state index contributed by atoms with van der Waals surface area (Å²) in [6, 6.07) is 8.21. The second-order valence-electron chi connectivity index (χ2n) is 12.2. The Balaban J connectivity index is 1.46. The Bertz CT molecular complexity index is 1480. The molecule has 0 fully saturated rings. The lowest BCUT2D eigenvalue weighted by molar-refractivity contribution is 0.109. The zero-order valence-corrected chi connectivity index (χ0v) is 25.3. The fourth-order valence-corrected chi connectivity index (χ4v) is 5.83. The Kier molecular flexibility index (Phi) is 7.29. The van der Waals surface area contributed by atoms with E-state index in [1.807, 2.05) is 12.1 Å². The van der Waals surface area contributed by atoms with E-state index in [2.05, 4.69) is 83.5 Å². The van der Waals surface area contributed by atoms with Gasteiger partial charge in [0.05, 0.1) is 37.3 Å². The second kappa shape index (κ2) is 10.4. The number of rotatable bonds is 7. The number of hydrogen-bond donors (Lipinski definition) is 2. The highest BCUT2D eigenvalue weighted by Gasteiger charge is 2.42. The molecule has 4 heterocycles. The van der Waals surface area contributed by atoms with Gasteiger partial charge in [-0.2, -0.15) is 10.2 Å². The molecule has 40 heavy (non-hydrogen) atoms. The van der Waals surface area contributed by atoms with Gasteiger partial charge in [0, 0.05) is 36.1 Å². The molecular formula is C29H37N7O3Si. The number of anilines is 3. The maximum Gasteiger partial charge on any atom is 0.237 e. The van der Waals surface area contributed by atoms with Crippen molar-refractivity contribution in [3.63, 3.8) is 0 Å². The number of methoxy groups -OCH3 is 1. The molecule has 0 spiro atoms. The zero-order valence-electron chi connectivity index (χ0n) is 24.3. The van der Waals surface area contributed by atoms with E-state index in [1.54, 1.807) is 7.11 Å². The van der Waals surface area contributed by atoms with Gasteiger partial charge < -0.3 is 24.5 Å². The molecule has 0 saturated carbocycles. The summed E-state index contributed by atoms with van der Waals surface area (Å²) in [6.45, 7) is 15.8. The van der Waals surface area contributed by atoms with E-state index in [1.165, 1.54) is 6.33 Å². The van der Waals surface area contributed by atoms with Crippen molar-refractivity contribution < 1.29 is 13.9 Å². The van der Waals surface area contributed by atoms with Gasteiger partial charge in [-0.3, -0.25) is 0 Å². The van der Waals surface area contributed by atoms with E-state index < -0.39 is 8.32 Å². The van der Waals surface area contributed by atoms with Gasteiger partial charge in [0.1, 0.15) is 18.1 Å². The Labute approximate surface area is 236 Å². The van der Waals surface area contributed by atoms with Gasteiger partial charge in [-0.15, -0.1) is 0 Å². The molecule has 1 aromatic carbocycles. The maximum absolute atomic E-state index is 10.0. The van der Waals surface area contributed by atoms with E-state index >= 15 is 0 Å². The number of pyridine rings is 1. The monoisotopic (exact) mass is 559 g/mol. The standard InChI is InChI=1S/C29H37N7O3Si/c1-28(2,3)40(6,7)39-16-29(4)15-31-24-19(13-30)10-18(11-21(24)29)25-32-17-33-27(36-25)35-23-12-20-14-38-9-8-22(20)34-26(23)37-5/h10-12,17,31H,8-9,14-16H2,1-7H3,(H,32,33,35,36)/t29-/m1/s1. The molecule has 5 rings (SSSR count). The van der Waals surface area contributed by atoms with Crippen LogP contribution in [0.3, 0.4) is 0 Å². The normalized spacial score (nSPS) is 18.4. The van der Waals surface area contributed by atoms with Crippen molar-refractivity contribution in [2.75, 3.05) is 37.5 Å². The molecule has 0 bridgehead atoms. The van der Waals surface area contributed by atoms with Crippen LogP contribution in [-0.4, -0.2) is 55.1 Å². The summed E-state index contributed by atoms with van der Waals surface area (Å²) in [7, 11) is -0.370. The lowest BCUT2D eigenvalue weighted by Gasteiger charge is -2.39. The van der Waals surface area contributed by atoms with Crippen molar-refractivity contribution in [1.29, 1.82) is 5.26 Å². The third-order valence-electron chi connectivity index (χ3n) is 8.29. The van der Waals surface area contributed by atoms with Gasteiger partial charge in [0.2, 0.25) is 11.8 Å². The molecule has 3 aromatic rings. The van der Waals surface area contributed by atoms with Gasteiger partial charge in [-0.05, 0) is 41.9 Å². The Hall–Kier alpha value is -3.59. The highest BCUT2D eigenvalue weighted by atomic mass is 28.4. The van der Waals surface area contributed by atoms with Gasteiger partial charge in [-0.1, -0.05) is 27.7 Å². The molecule has 10 nitrogen and oxygen atoms in total. The fourth-order valence-electron chi connectivity index (χ4n) is 4.72. The topological polar surface area (TPSA) is 127 Å². The van der Waals surface area contributed by atoms with Crippen LogP contribution in [0.2, 0.25) is 18.1 Å². The maximum atomic E-state index is 10.0. The van der Waals surface area contributed by atoms with Crippen LogP contribution in [-0.2, 0) is 27.6 Å². The molecule has 2 N–H and O–H groups in total. The number of hydrogen-bond acceptors (Lipinski definition) is 10. The molecule has 0 unspecified atom stereocenters. The van der Waals surface area contributed by atoms with Gasteiger partial charge >= 0.3 is 0 Å². The minimum Gasteiger partial charge on any atom is -0.480 e. The van der Waals surface area contributed by atoms with Gasteiger partial charge in [0.15, 0.2) is 14.1 Å². The van der Waals surface area contributed by atoms with Crippen molar-refractivity contribution in [3.05, 3.63) is 46.9 Å². The number of benzene rings is 1. The van der Waals surface area contributed by atoms with Crippen LogP contribution in [0.4, 0.5) is 17.3 Å². The van der Waals surface area contributed by atoms with Crippen LogP contribution in [0.5, 0.6) is 5.88 Å². The largest absolute Gasteiger partial charge is 0.480 e. The molecule has 0 amide bonds. The SMILES string of the molecule is COc1nc2c(cc1Nc1ncnc(-c3cc(C#N)c4c(c3)[C@@](C)(CO[Si](C)(C)C(C)(C)C)CN4)n1)COCC2. The Morgan fingerprint density at radius 1 is 1.20 bits per heavy atom. The number of ether oxygens (including phenoxy) is 2. The molecule has 0 radical (unpaired) electrons. The Morgan fingerprint density at radius 2 is 2.00 bits per heavy atom. The van der Waals surface area contributed by atoms with Crippen LogP contribution < -0.4 is 15.4 Å². The number of nitrogens with one attached hydrogen (secondary N) is 2. The summed E-state index contributed by atoms with van der Waals surface area (Å²) >= 11 is 0. The third kappa shape index (κ3) is 5.26. The highest BCUT2D eigenvalue weighted by Crippen LogP contribution is 2.44. The summed E-state index contributed by atoms with van der Waals surface area (Å²) in [5.41, 5.74) is 5.52. The molecule has 11 heteroatoms. The fraction of sp³-hybridized carbons (Fsp3) is 0.483. The number of nitrogens with zero attached hydrogens (tertiary/aromatic N) is 5. The summed E-state index contributed by atoms with van der Waals surface area (Å²) in [5, 5.41) is 16.8. The minimum atomic E-state index is -1.96. The molecule has 0 saturated heterocycles. The quantitative estimate of drug-likeness (QED) is 0.366. The first-order chi connectivity index (χ1) is 18.9. The van der Waals surface area contributed by atoms with Crippen molar-refractivity contribution in [2.45, 2.75) is 64.3 Å². The predicted octanol–water partition coefficient (Wildman–Crippen LogP) is 5.34. The lowest BCUT2D eigenvalue weighted by atomic mass is 9.83. The molecule has 2 aliphatic heterocycles. The van der Waals surface area contributed by atoms with Crippen LogP contribution >= 0.6 is 0 Å². The molecule has 0 aliphatic carbocycles. The minimum absolute atomic E-state index is 0.107. The van der Waals surface area contributed by atoms with Crippen molar-refractivity contribution in [1.82, 2.24) is 19.9 Å². The smallest absolute Gasteiger partial charge is 0.237 e. The van der Waals surface area contributed by atoms with Crippen LogP contribution in [0, 0.1) is 11.3 Å². The average molecular weight is 560 g/mol. The number of aromatic nitrogens is 4. The number of fused-ring (bicyclic) bond motifs is 2. The van der Waals surface area contributed by atoms with Crippen LogP contribution in [0.15, 0.2) is 24.5 Å². The predicted molar refractivity (Wildman–Crippen MR) is 156 cm³/mol. The molecule has 210 valence electrons. The van der Waals surface area contributed by atoms with E-state index in [0.29, 0.717) is 55.3 Å². The van der Waals surface area contributed by atoms with E-state index in [9.17, 15) is 5.26 Å². The first-order valence-corrected chi connectivity index (χ1v) is 16.4. The summed E-state index contributed by atoms with van der Waals surface area (Å²) < 4.78 is 17.8. The first-order valence-electron chi connectivity index (χ1n) is 13.5. The van der Waals surface area contributed by atoms with Crippen molar-refractivity contribution in [2.24, 2.45) is 0 Å².